The van der Waals surface area contributed by atoms with Crippen LogP contribution in [0.2, 0.25) is 0 Å². The molecule has 1 aliphatic carbocycles. The minimum absolute atomic E-state index is 0.00918. The molecule has 0 spiro atoms. The van der Waals surface area contributed by atoms with Gasteiger partial charge in [-0.25, -0.2) is 0 Å². The van der Waals surface area contributed by atoms with Gasteiger partial charge in [0.25, 0.3) is 5.91 Å². The summed E-state index contributed by atoms with van der Waals surface area (Å²) in [6.45, 7) is 6.28. The maximum absolute atomic E-state index is 12.5. The van der Waals surface area contributed by atoms with E-state index in [0.29, 0.717) is 5.69 Å². The molecule has 3 rings (SSSR count). The zero-order chi connectivity index (χ0) is 17.6. The quantitative estimate of drug-likeness (QED) is 0.773. The van der Waals surface area contributed by atoms with Gasteiger partial charge in [0.2, 0.25) is 0 Å². The molecular weight excluding hydrogens is 316 g/mol. The largest absolute Gasteiger partial charge is 0.335 e. The van der Waals surface area contributed by atoms with Gasteiger partial charge in [-0.05, 0) is 32.9 Å². The molecular formula is C18H32N6O. The molecule has 25 heavy (non-hydrogen) atoms. The summed E-state index contributed by atoms with van der Waals surface area (Å²) in [5, 5.41) is 8.24. The number of rotatable bonds is 6. The van der Waals surface area contributed by atoms with Crippen LogP contribution < -0.4 is 0 Å². The van der Waals surface area contributed by atoms with E-state index < -0.39 is 0 Å². The molecule has 2 fully saturated rings. The van der Waals surface area contributed by atoms with Crippen LogP contribution in [0.1, 0.15) is 42.6 Å². The fraction of sp³-hybridized carbons (Fsp3) is 0.833. The van der Waals surface area contributed by atoms with E-state index in [-0.39, 0.29) is 5.91 Å². The Balaban J connectivity index is 1.44. The van der Waals surface area contributed by atoms with Crippen molar-refractivity contribution in [1.29, 1.82) is 0 Å². The smallest absolute Gasteiger partial charge is 0.276 e. The van der Waals surface area contributed by atoms with Crippen molar-refractivity contribution >= 4 is 5.91 Å². The molecule has 1 aliphatic heterocycles. The van der Waals surface area contributed by atoms with Crippen LogP contribution in [0.4, 0.5) is 0 Å². The van der Waals surface area contributed by atoms with E-state index in [1.807, 2.05) is 4.90 Å². The molecule has 1 amide bonds. The summed E-state index contributed by atoms with van der Waals surface area (Å²) < 4.78 is 1.81. The van der Waals surface area contributed by atoms with Crippen molar-refractivity contribution in [3.05, 3.63) is 11.9 Å². The van der Waals surface area contributed by atoms with Gasteiger partial charge in [-0.15, -0.1) is 5.10 Å². The molecule has 2 aliphatic rings. The van der Waals surface area contributed by atoms with E-state index in [4.69, 9.17) is 0 Å². The van der Waals surface area contributed by atoms with Gasteiger partial charge >= 0.3 is 0 Å². The zero-order valence-corrected chi connectivity index (χ0v) is 15.7. The van der Waals surface area contributed by atoms with E-state index in [0.717, 1.165) is 45.2 Å². The molecule has 1 saturated carbocycles. The van der Waals surface area contributed by atoms with Crippen molar-refractivity contribution in [3.8, 4) is 0 Å². The van der Waals surface area contributed by atoms with Crippen LogP contribution in [0.5, 0.6) is 0 Å². The Kier molecular flexibility index (Phi) is 6.42. The summed E-state index contributed by atoms with van der Waals surface area (Å²) in [5.41, 5.74) is 0.472. The Morgan fingerprint density at radius 1 is 1.20 bits per heavy atom. The lowest BCUT2D eigenvalue weighted by atomic mass is 9.89. The summed E-state index contributed by atoms with van der Waals surface area (Å²) in [6, 6.07) is 0. The van der Waals surface area contributed by atoms with Gasteiger partial charge in [-0.2, -0.15) is 0 Å². The van der Waals surface area contributed by atoms with Crippen LogP contribution in [0, 0.1) is 5.92 Å². The van der Waals surface area contributed by atoms with Gasteiger partial charge in [-0.3, -0.25) is 9.48 Å². The molecule has 140 valence electrons. The second-order valence-electron chi connectivity index (χ2n) is 7.73. The second kappa shape index (κ2) is 8.76. The van der Waals surface area contributed by atoms with E-state index in [2.05, 4.69) is 34.2 Å². The van der Waals surface area contributed by atoms with E-state index in [1.54, 1.807) is 10.9 Å². The Morgan fingerprint density at radius 2 is 1.92 bits per heavy atom. The molecule has 2 heterocycles. The van der Waals surface area contributed by atoms with Crippen molar-refractivity contribution in [3.63, 3.8) is 0 Å². The van der Waals surface area contributed by atoms with Crippen molar-refractivity contribution in [1.82, 2.24) is 29.7 Å². The molecule has 0 unspecified atom stereocenters. The lowest BCUT2D eigenvalue weighted by molar-refractivity contribution is 0.0658. The first-order valence-corrected chi connectivity index (χ1v) is 9.68. The lowest BCUT2D eigenvalue weighted by Gasteiger charge is -2.31. The van der Waals surface area contributed by atoms with E-state index in [1.165, 1.54) is 38.6 Å². The maximum atomic E-state index is 12.5. The number of amides is 1. The van der Waals surface area contributed by atoms with Crippen LogP contribution in [0.25, 0.3) is 0 Å². The number of aromatic nitrogens is 3. The minimum atomic E-state index is 0.00918. The average Bonchev–Trinajstić information content (AvgIpc) is 3.10. The normalized spacial score (nSPS) is 20.4. The molecule has 7 heteroatoms. The van der Waals surface area contributed by atoms with Gasteiger partial charge < -0.3 is 14.7 Å². The van der Waals surface area contributed by atoms with Gasteiger partial charge in [0.15, 0.2) is 5.69 Å². The first kappa shape index (κ1) is 18.3. The number of nitrogens with zero attached hydrogens (tertiary/aromatic N) is 6. The molecule has 1 aromatic heterocycles. The SMILES string of the molecule is CN1CCN(C(=O)c2cn(CCN(C)CC3CCCCC3)nn2)CC1. The summed E-state index contributed by atoms with van der Waals surface area (Å²) in [4.78, 5) is 19.0. The number of hydrogen-bond acceptors (Lipinski definition) is 5. The first-order chi connectivity index (χ1) is 12.1. The van der Waals surface area contributed by atoms with Crippen LogP contribution in [0.3, 0.4) is 0 Å². The third kappa shape index (κ3) is 5.25. The maximum Gasteiger partial charge on any atom is 0.276 e. The zero-order valence-electron chi connectivity index (χ0n) is 15.7. The number of hydrogen-bond donors (Lipinski definition) is 0. The predicted octanol–water partition coefficient (Wildman–Crippen LogP) is 1.18. The highest BCUT2D eigenvalue weighted by atomic mass is 16.2. The van der Waals surface area contributed by atoms with Gasteiger partial charge in [0, 0.05) is 39.3 Å². The Hall–Kier alpha value is -1.47. The highest BCUT2D eigenvalue weighted by Crippen LogP contribution is 2.23. The van der Waals surface area contributed by atoms with Gasteiger partial charge in [0.1, 0.15) is 0 Å². The molecule has 0 N–H and O–H groups in total. The molecule has 0 aromatic carbocycles. The second-order valence-corrected chi connectivity index (χ2v) is 7.73. The summed E-state index contributed by atoms with van der Waals surface area (Å²) in [7, 11) is 4.27. The van der Waals surface area contributed by atoms with Crippen LogP contribution >= 0.6 is 0 Å². The fourth-order valence-electron chi connectivity index (χ4n) is 3.85. The predicted molar refractivity (Wildman–Crippen MR) is 97.5 cm³/mol. The van der Waals surface area contributed by atoms with Crippen LogP contribution in [-0.2, 0) is 6.54 Å². The molecule has 0 radical (unpaired) electrons. The van der Waals surface area contributed by atoms with Crippen molar-refractivity contribution in [2.24, 2.45) is 5.92 Å². The van der Waals surface area contributed by atoms with Crippen LogP contribution in [-0.4, -0.2) is 89.0 Å². The van der Waals surface area contributed by atoms with Crippen LogP contribution in [0.15, 0.2) is 6.20 Å². The summed E-state index contributed by atoms with van der Waals surface area (Å²) in [5.74, 6) is 0.860. The fourth-order valence-corrected chi connectivity index (χ4v) is 3.85. The highest BCUT2D eigenvalue weighted by Gasteiger charge is 2.22. The molecule has 7 nitrogen and oxygen atoms in total. The Labute approximate surface area is 150 Å². The number of carbonyl (C=O) groups excluding carboxylic acids is 1. The monoisotopic (exact) mass is 348 g/mol. The summed E-state index contributed by atoms with van der Waals surface area (Å²) >= 11 is 0. The third-order valence-electron chi connectivity index (χ3n) is 5.55. The topological polar surface area (TPSA) is 57.5 Å². The van der Waals surface area contributed by atoms with Gasteiger partial charge in [-0.1, -0.05) is 24.5 Å². The standard InChI is InChI=1S/C18H32N6O/c1-21-8-11-23(12-9-21)18(25)17-15-24(20-19-17)13-10-22(2)14-16-6-4-3-5-7-16/h15-16H,3-14H2,1-2H3. The lowest BCUT2D eigenvalue weighted by Crippen LogP contribution is -2.47. The van der Waals surface area contributed by atoms with Gasteiger partial charge in [0.05, 0.1) is 12.7 Å². The molecule has 0 bridgehead atoms. The van der Waals surface area contributed by atoms with Crippen molar-refractivity contribution in [2.75, 3.05) is 53.4 Å². The first-order valence-electron chi connectivity index (χ1n) is 9.68. The highest BCUT2D eigenvalue weighted by molar-refractivity contribution is 5.92. The third-order valence-corrected chi connectivity index (χ3v) is 5.55. The minimum Gasteiger partial charge on any atom is -0.335 e. The number of likely N-dealkylation sites (N-methyl/N-ethyl adjacent to an activating group) is 2. The Morgan fingerprint density at radius 3 is 2.64 bits per heavy atom. The average molecular weight is 348 g/mol. The van der Waals surface area contributed by atoms with Crippen molar-refractivity contribution in [2.45, 2.75) is 38.6 Å². The van der Waals surface area contributed by atoms with Crippen molar-refractivity contribution < 1.29 is 4.79 Å². The summed E-state index contributed by atoms with van der Waals surface area (Å²) in [6.07, 6.45) is 8.73. The van der Waals surface area contributed by atoms with E-state index in [9.17, 15) is 4.79 Å². The van der Waals surface area contributed by atoms with E-state index >= 15 is 0 Å². The molecule has 1 saturated heterocycles. The Bertz CT molecular complexity index is 546. The number of carbonyl (C=O) groups is 1. The molecule has 1 aromatic rings. The molecule has 0 atom stereocenters. The number of piperazine rings is 1.